The third kappa shape index (κ3) is 1.35. The van der Waals surface area contributed by atoms with Crippen molar-refractivity contribution in [1.29, 1.82) is 0 Å². The minimum atomic E-state index is -0.281. The highest BCUT2D eigenvalue weighted by Crippen LogP contribution is 2.31. The molecule has 2 N–H and O–H groups in total. The summed E-state index contributed by atoms with van der Waals surface area (Å²) in [6.07, 6.45) is 0. The Morgan fingerprint density at radius 1 is 1.50 bits per heavy atom. The van der Waals surface area contributed by atoms with Gasteiger partial charge in [-0.3, -0.25) is 0 Å². The highest BCUT2D eigenvalue weighted by molar-refractivity contribution is 9.10. The Kier molecular flexibility index (Phi) is 2.33. The number of hydrogen-bond donors (Lipinski definition) is 1. The van der Waals surface area contributed by atoms with E-state index in [0.29, 0.717) is 22.4 Å². The van der Waals surface area contributed by atoms with Crippen molar-refractivity contribution in [1.82, 2.24) is 0 Å². The Balaban J connectivity index is 2.85. The number of benzene rings is 1. The van der Waals surface area contributed by atoms with Crippen LogP contribution in [0.25, 0.3) is 11.0 Å². The van der Waals surface area contributed by atoms with E-state index in [4.69, 9.17) is 10.2 Å². The molecule has 2 rings (SSSR count). The first-order valence-corrected chi connectivity index (χ1v) is 5.00. The Bertz CT molecular complexity index is 492. The molecule has 0 fully saturated rings. The van der Waals surface area contributed by atoms with Crippen molar-refractivity contribution in [3.8, 4) is 0 Å². The number of nitrogens with two attached hydrogens (primary N) is 1. The van der Waals surface area contributed by atoms with Crippen molar-refractivity contribution in [2.75, 3.05) is 0 Å². The minimum absolute atomic E-state index is 0.281. The van der Waals surface area contributed by atoms with Crippen LogP contribution in [0.1, 0.15) is 11.3 Å². The van der Waals surface area contributed by atoms with Crippen molar-refractivity contribution in [2.24, 2.45) is 5.73 Å². The van der Waals surface area contributed by atoms with E-state index in [0.717, 1.165) is 10.9 Å². The molecule has 74 valence electrons. The van der Waals surface area contributed by atoms with Crippen molar-refractivity contribution >= 4 is 26.9 Å². The highest BCUT2D eigenvalue weighted by atomic mass is 79.9. The lowest BCUT2D eigenvalue weighted by atomic mass is 10.1. The van der Waals surface area contributed by atoms with Crippen LogP contribution < -0.4 is 5.73 Å². The first kappa shape index (κ1) is 9.68. The summed E-state index contributed by atoms with van der Waals surface area (Å²) in [5.41, 5.74) is 7.06. The van der Waals surface area contributed by atoms with E-state index in [1.54, 1.807) is 0 Å². The lowest BCUT2D eigenvalue weighted by molar-refractivity contribution is 0.546. The normalized spacial score (nSPS) is 11.1. The number of fused-ring (bicyclic) bond motifs is 1. The van der Waals surface area contributed by atoms with Gasteiger partial charge in [0.05, 0.1) is 11.0 Å². The lowest BCUT2D eigenvalue weighted by Gasteiger charge is -1.93. The molecule has 0 unspecified atom stereocenters. The van der Waals surface area contributed by atoms with Gasteiger partial charge < -0.3 is 10.2 Å². The summed E-state index contributed by atoms with van der Waals surface area (Å²) < 4.78 is 19.2. The van der Waals surface area contributed by atoms with E-state index in [-0.39, 0.29) is 5.82 Å². The van der Waals surface area contributed by atoms with E-state index in [9.17, 15) is 4.39 Å². The second kappa shape index (κ2) is 3.37. The molecular formula is C10H9BrFNO. The maximum absolute atomic E-state index is 13.1. The van der Waals surface area contributed by atoms with Crippen LogP contribution in [0.15, 0.2) is 21.0 Å². The Morgan fingerprint density at radius 3 is 2.86 bits per heavy atom. The van der Waals surface area contributed by atoms with Crippen LogP contribution in [0, 0.1) is 12.7 Å². The van der Waals surface area contributed by atoms with Crippen LogP contribution in [-0.2, 0) is 6.54 Å². The number of halogens is 2. The molecule has 0 aliphatic heterocycles. The zero-order valence-electron chi connectivity index (χ0n) is 7.60. The van der Waals surface area contributed by atoms with Gasteiger partial charge in [-0.05, 0) is 40.5 Å². The summed E-state index contributed by atoms with van der Waals surface area (Å²) in [7, 11) is 0. The van der Waals surface area contributed by atoms with Crippen LogP contribution in [0.3, 0.4) is 0 Å². The fourth-order valence-corrected chi connectivity index (χ4v) is 2.00. The quantitative estimate of drug-likeness (QED) is 0.853. The molecule has 0 spiro atoms. The molecule has 0 aliphatic rings. The monoisotopic (exact) mass is 257 g/mol. The summed E-state index contributed by atoms with van der Waals surface area (Å²) in [5.74, 6) is 0.420. The number of hydrogen-bond acceptors (Lipinski definition) is 2. The molecule has 0 atom stereocenters. The van der Waals surface area contributed by atoms with E-state index in [1.807, 2.05) is 6.92 Å². The smallest absolute Gasteiger partial charge is 0.149 e. The molecular weight excluding hydrogens is 249 g/mol. The summed E-state index contributed by atoms with van der Waals surface area (Å²) in [6, 6.07) is 2.84. The van der Waals surface area contributed by atoms with Gasteiger partial charge in [0.2, 0.25) is 0 Å². The summed E-state index contributed by atoms with van der Waals surface area (Å²) in [4.78, 5) is 0. The molecule has 4 heteroatoms. The highest BCUT2D eigenvalue weighted by Gasteiger charge is 2.12. The van der Waals surface area contributed by atoms with Crippen LogP contribution in [0.5, 0.6) is 0 Å². The zero-order valence-corrected chi connectivity index (χ0v) is 9.19. The van der Waals surface area contributed by atoms with Gasteiger partial charge in [-0.1, -0.05) is 0 Å². The predicted molar refractivity (Wildman–Crippen MR) is 56.5 cm³/mol. The van der Waals surface area contributed by atoms with E-state index < -0.39 is 0 Å². The van der Waals surface area contributed by atoms with Crippen LogP contribution in [0.4, 0.5) is 4.39 Å². The van der Waals surface area contributed by atoms with Gasteiger partial charge in [0.1, 0.15) is 17.2 Å². The SMILES string of the molecule is Cc1c(CN)oc2c(Br)cc(F)cc12. The predicted octanol–water partition coefficient (Wildman–Crippen LogP) is 3.10. The fourth-order valence-electron chi connectivity index (χ4n) is 1.49. The van der Waals surface area contributed by atoms with Gasteiger partial charge >= 0.3 is 0 Å². The molecule has 0 saturated heterocycles. The maximum atomic E-state index is 13.1. The molecule has 0 aliphatic carbocycles. The third-order valence-electron chi connectivity index (χ3n) is 2.24. The van der Waals surface area contributed by atoms with Gasteiger partial charge in [-0.15, -0.1) is 0 Å². The Morgan fingerprint density at radius 2 is 2.21 bits per heavy atom. The first-order valence-electron chi connectivity index (χ1n) is 4.20. The van der Waals surface area contributed by atoms with Crippen molar-refractivity contribution in [3.63, 3.8) is 0 Å². The molecule has 0 radical (unpaired) electrons. The first-order chi connectivity index (χ1) is 6.63. The second-order valence-electron chi connectivity index (χ2n) is 3.12. The molecule has 1 heterocycles. The molecule has 1 aromatic heterocycles. The Labute approximate surface area is 89.0 Å². The molecule has 0 bridgehead atoms. The molecule has 14 heavy (non-hydrogen) atoms. The third-order valence-corrected chi connectivity index (χ3v) is 2.83. The van der Waals surface area contributed by atoms with Gasteiger partial charge in [0.15, 0.2) is 0 Å². The molecule has 1 aromatic carbocycles. The standard InChI is InChI=1S/C10H9BrFNO/c1-5-7-2-6(12)3-8(11)10(7)14-9(5)4-13/h2-3H,4,13H2,1H3. The number of furan rings is 1. The van der Waals surface area contributed by atoms with Gasteiger partial charge in [0, 0.05) is 5.39 Å². The van der Waals surface area contributed by atoms with Crippen molar-refractivity contribution in [3.05, 3.63) is 33.7 Å². The van der Waals surface area contributed by atoms with Gasteiger partial charge in [-0.2, -0.15) is 0 Å². The lowest BCUT2D eigenvalue weighted by Crippen LogP contribution is -1.95. The topological polar surface area (TPSA) is 39.2 Å². The van der Waals surface area contributed by atoms with Crippen LogP contribution >= 0.6 is 15.9 Å². The average molecular weight is 258 g/mol. The summed E-state index contributed by atoms with van der Waals surface area (Å²) >= 11 is 3.25. The van der Waals surface area contributed by atoms with E-state index >= 15 is 0 Å². The largest absolute Gasteiger partial charge is 0.458 e. The molecule has 2 nitrogen and oxygen atoms in total. The van der Waals surface area contributed by atoms with Crippen molar-refractivity contribution in [2.45, 2.75) is 13.5 Å². The number of rotatable bonds is 1. The average Bonchev–Trinajstić information content (AvgIpc) is 2.44. The second-order valence-corrected chi connectivity index (χ2v) is 3.97. The summed E-state index contributed by atoms with van der Waals surface area (Å²) in [5, 5.41) is 0.775. The minimum Gasteiger partial charge on any atom is -0.458 e. The van der Waals surface area contributed by atoms with Crippen molar-refractivity contribution < 1.29 is 8.81 Å². The maximum Gasteiger partial charge on any atom is 0.149 e. The number of aryl methyl sites for hydroxylation is 1. The molecule has 0 amide bonds. The Hall–Kier alpha value is -0.870. The molecule has 0 saturated carbocycles. The fraction of sp³-hybridized carbons (Fsp3) is 0.200. The molecule has 2 aromatic rings. The van der Waals surface area contributed by atoms with Gasteiger partial charge in [0.25, 0.3) is 0 Å². The van der Waals surface area contributed by atoms with E-state index in [1.165, 1.54) is 12.1 Å². The van der Waals surface area contributed by atoms with E-state index in [2.05, 4.69) is 15.9 Å². The van der Waals surface area contributed by atoms with Gasteiger partial charge in [-0.25, -0.2) is 4.39 Å². The van der Waals surface area contributed by atoms with Crippen LogP contribution in [-0.4, -0.2) is 0 Å². The zero-order chi connectivity index (χ0) is 10.3. The summed E-state index contributed by atoms with van der Waals surface area (Å²) in [6.45, 7) is 2.20. The van der Waals surface area contributed by atoms with Crippen LogP contribution in [0.2, 0.25) is 0 Å².